The summed E-state index contributed by atoms with van der Waals surface area (Å²) in [7, 11) is 3.14. The number of quaternary nitrogens is 1. The molecule has 0 spiro atoms. The first-order valence-corrected chi connectivity index (χ1v) is 6.46. The van der Waals surface area contributed by atoms with Gasteiger partial charge in [-0.3, -0.25) is 4.48 Å². The Morgan fingerprint density at radius 2 is 1.37 bits per heavy atom. The monoisotopic (exact) mass is 286 g/mol. The normalized spacial score (nSPS) is 28.6. The first-order valence-electron chi connectivity index (χ1n) is 6.46. The fourth-order valence-electron chi connectivity index (χ4n) is 3.08. The van der Waals surface area contributed by atoms with Crippen LogP contribution in [0.2, 0.25) is 0 Å². The zero-order valence-electron chi connectivity index (χ0n) is 11.3. The van der Waals surface area contributed by atoms with Crippen molar-refractivity contribution in [3.05, 3.63) is 0 Å². The minimum Gasteiger partial charge on any atom is -1.00 e. The Hall–Kier alpha value is -1.14. The molecule has 0 amide bonds. The number of nitrogens with zero attached hydrogens (tertiary/aromatic N) is 4. The fourth-order valence-corrected chi connectivity index (χ4v) is 3.08. The van der Waals surface area contributed by atoms with Crippen LogP contribution in [0.1, 0.15) is 19.3 Å². The van der Waals surface area contributed by atoms with Crippen molar-refractivity contribution < 1.29 is 21.9 Å². The lowest BCUT2D eigenvalue weighted by Crippen LogP contribution is -3.00. The number of hydrogen-bond acceptors (Lipinski definition) is 5. The second kappa shape index (κ2) is 5.46. The second-order valence-electron chi connectivity index (χ2n) is 5.16. The van der Waals surface area contributed by atoms with Crippen molar-refractivity contribution in [2.75, 3.05) is 33.9 Å². The van der Waals surface area contributed by atoms with Crippen molar-refractivity contribution in [1.82, 2.24) is 19.4 Å². The van der Waals surface area contributed by atoms with Gasteiger partial charge in [0.25, 0.3) is 0 Å². The van der Waals surface area contributed by atoms with Crippen molar-refractivity contribution in [3.8, 4) is 12.0 Å². The standard InChI is InChI=1S/C12H19N4O2.ClH/c1-17-11-13-10(14-12(15-11)18-2)16-6-3-9(4-7-16)5-8-16;/h9H,3-8H2,1-2H3;1H/q+1;/p-1. The van der Waals surface area contributed by atoms with E-state index in [2.05, 4.69) is 15.0 Å². The van der Waals surface area contributed by atoms with Crippen LogP contribution in [-0.2, 0) is 0 Å². The van der Waals surface area contributed by atoms with Crippen molar-refractivity contribution >= 4 is 5.95 Å². The third-order valence-electron chi connectivity index (χ3n) is 4.27. The quantitative estimate of drug-likeness (QED) is 0.603. The Kier molecular flexibility index (Phi) is 4.10. The summed E-state index contributed by atoms with van der Waals surface area (Å²) in [6, 6.07) is 0.689. The number of ether oxygens (including phenoxy) is 2. The molecule has 1 aromatic heterocycles. The predicted molar refractivity (Wildman–Crippen MR) is 66.7 cm³/mol. The van der Waals surface area contributed by atoms with E-state index in [4.69, 9.17) is 9.47 Å². The number of methoxy groups -OCH3 is 2. The summed E-state index contributed by atoms with van der Waals surface area (Å²) in [6.45, 7) is 3.38. The highest BCUT2D eigenvalue weighted by atomic mass is 35.5. The van der Waals surface area contributed by atoms with E-state index in [1.165, 1.54) is 19.3 Å². The average Bonchev–Trinajstić information content (AvgIpc) is 2.48. The van der Waals surface area contributed by atoms with E-state index < -0.39 is 0 Å². The fraction of sp³-hybridized carbons (Fsp3) is 0.750. The number of aromatic nitrogens is 3. The van der Waals surface area contributed by atoms with Crippen LogP contribution in [0, 0.1) is 5.92 Å². The molecule has 0 unspecified atom stereocenters. The highest BCUT2D eigenvalue weighted by Gasteiger charge is 2.44. The van der Waals surface area contributed by atoms with Gasteiger partial charge in [0.15, 0.2) is 0 Å². The smallest absolute Gasteiger partial charge is 0.338 e. The Morgan fingerprint density at radius 3 is 1.79 bits per heavy atom. The van der Waals surface area contributed by atoms with Gasteiger partial charge in [-0.15, -0.1) is 15.0 Å². The molecule has 0 saturated carbocycles. The van der Waals surface area contributed by atoms with Gasteiger partial charge in [-0.25, -0.2) is 0 Å². The van der Waals surface area contributed by atoms with E-state index in [1.807, 2.05) is 0 Å². The molecule has 0 aliphatic carbocycles. The molecule has 3 aliphatic rings. The summed E-state index contributed by atoms with van der Waals surface area (Å²) in [4.78, 5) is 12.9. The highest BCUT2D eigenvalue weighted by molar-refractivity contribution is 5.30. The summed E-state index contributed by atoms with van der Waals surface area (Å²) in [5.74, 6) is 1.72. The largest absolute Gasteiger partial charge is 1.00 e. The van der Waals surface area contributed by atoms with Crippen LogP contribution in [0.5, 0.6) is 12.0 Å². The first kappa shape index (κ1) is 14.3. The molecule has 3 saturated heterocycles. The van der Waals surface area contributed by atoms with E-state index >= 15 is 0 Å². The lowest BCUT2D eigenvalue weighted by molar-refractivity contribution is -0.00000512. The molecule has 0 N–H and O–H groups in total. The number of piperidine rings is 3. The van der Waals surface area contributed by atoms with Crippen molar-refractivity contribution in [2.24, 2.45) is 5.92 Å². The molecule has 0 radical (unpaired) electrons. The van der Waals surface area contributed by atoms with Crippen LogP contribution in [0.25, 0.3) is 0 Å². The molecule has 4 heterocycles. The van der Waals surface area contributed by atoms with Crippen LogP contribution in [-0.4, -0.2) is 48.8 Å². The number of hydrogen-bond donors (Lipinski definition) is 0. The van der Waals surface area contributed by atoms with Crippen LogP contribution in [0.4, 0.5) is 5.95 Å². The van der Waals surface area contributed by atoms with E-state index in [-0.39, 0.29) is 12.4 Å². The zero-order valence-corrected chi connectivity index (χ0v) is 12.1. The van der Waals surface area contributed by atoms with E-state index in [0.717, 1.165) is 36.0 Å². The third-order valence-corrected chi connectivity index (χ3v) is 4.27. The molecule has 6 nitrogen and oxygen atoms in total. The van der Waals surface area contributed by atoms with Crippen LogP contribution >= 0.6 is 0 Å². The Morgan fingerprint density at radius 1 is 0.895 bits per heavy atom. The average molecular weight is 287 g/mol. The van der Waals surface area contributed by atoms with Gasteiger partial charge in [0.05, 0.1) is 33.9 Å². The molecule has 4 rings (SSSR count). The summed E-state index contributed by atoms with van der Waals surface area (Å²) >= 11 is 0. The van der Waals surface area contributed by atoms with Crippen LogP contribution < -0.4 is 26.4 Å². The molecule has 1 aromatic rings. The summed E-state index contributed by atoms with van der Waals surface area (Å²) in [6.07, 6.45) is 3.82. The number of halogens is 1. The lowest BCUT2D eigenvalue weighted by atomic mass is 9.86. The minimum atomic E-state index is 0. The molecular formula is C12H19ClN4O2. The number of rotatable bonds is 3. The van der Waals surface area contributed by atoms with Gasteiger partial charge in [-0.1, -0.05) is 0 Å². The maximum Gasteiger partial charge on any atom is 0.338 e. The van der Waals surface area contributed by atoms with Crippen LogP contribution in [0.15, 0.2) is 0 Å². The maximum absolute atomic E-state index is 5.14. The first-order chi connectivity index (χ1) is 8.75. The van der Waals surface area contributed by atoms with Gasteiger partial charge in [-0.2, -0.15) is 0 Å². The summed E-state index contributed by atoms with van der Waals surface area (Å²) in [5, 5.41) is 0. The molecule has 7 heteroatoms. The molecule has 3 aliphatic heterocycles. The highest BCUT2D eigenvalue weighted by Crippen LogP contribution is 2.37. The van der Waals surface area contributed by atoms with Gasteiger partial charge < -0.3 is 21.9 Å². The van der Waals surface area contributed by atoms with E-state index in [1.54, 1.807) is 14.2 Å². The van der Waals surface area contributed by atoms with Gasteiger partial charge in [-0.05, 0) is 5.92 Å². The Bertz CT molecular complexity index is 413. The predicted octanol–water partition coefficient (Wildman–Crippen LogP) is -1.99. The maximum atomic E-state index is 5.14. The van der Waals surface area contributed by atoms with Gasteiger partial charge >= 0.3 is 18.0 Å². The molecular weight excluding hydrogens is 268 g/mol. The SMILES string of the molecule is COc1nc(OC)nc([N+]23CCC(CC2)CC3)n1.[Cl-]. The molecule has 19 heavy (non-hydrogen) atoms. The van der Waals surface area contributed by atoms with Crippen molar-refractivity contribution in [1.29, 1.82) is 0 Å². The van der Waals surface area contributed by atoms with Crippen molar-refractivity contribution in [2.45, 2.75) is 19.3 Å². The minimum absolute atomic E-state index is 0. The topological polar surface area (TPSA) is 57.1 Å². The Labute approximate surface area is 119 Å². The molecule has 0 aromatic carbocycles. The van der Waals surface area contributed by atoms with Gasteiger partial charge in [0.2, 0.25) is 0 Å². The molecule has 2 bridgehead atoms. The molecule has 106 valence electrons. The lowest BCUT2D eigenvalue weighted by Gasteiger charge is -2.46. The Balaban J connectivity index is 0.00000133. The second-order valence-corrected chi connectivity index (χ2v) is 5.16. The van der Waals surface area contributed by atoms with Gasteiger partial charge in [0, 0.05) is 19.3 Å². The van der Waals surface area contributed by atoms with Crippen LogP contribution in [0.3, 0.4) is 0 Å². The van der Waals surface area contributed by atoms with E-state index in [9.17, 15) is 0 Å². The number of fused-ring (bicyclic) bond motifs is 3. The summed E-state index contributed by atoms with van der Waals surface area (Å²) in [5.41, 5.74) is 0. The molecule has 3 fully saturated rings. The van der Waals surface area contributed by atoms with Gasteiger partial charge in [0.1, 0.15) is 0 Å². The van der Waals surface area contributed by atoms with E-state index in [0.29, 0.717) is 12.0 Å². The summed E-state index contributed by atoms with van der Waals surface area (Å²) < 4.78 is 11.1. The zero-order chi connectivity index (χ0) is 12.6. The molecule has 0 atom stereocenters. The van der Waals surface area contributed by atoms with Crippen molar-refractivity contribution in [3.63, 3.8) is 0 Å². The third kappa shape index (κ3) is 2.47.